The van der Waals surface area contributed by atoms with Crippen LogP contribution >= 0.6 is 23.2 Å². The van der Waals surface area contributed by atoms with Crippen molar-refractivity contribution in [1.29, 1.82) is 0 Å². The molecule has 11 nitrogen and oxygen atoms in total. The van der Waals surface area contributed by atoms with Crippen molar-refractivity contribution in [3.8, 4) is 22.9 Å². The van der Waals surface area contributed by atoms with Crippen LogP contribution in [0.15, 0.2) is 90.1 Å². The Labute approximate surface area is 275 Å². The molecular formula is C33H32Cl2N8O3. The number of imidazole rings is 1. The third kappa shape index (κ3) is 8.12. The zero-order valence-electron chi connectivity index (χ0n) is 24.7. The molecule has 2 heterocycles. The molecule has 1 atom stereocenters. The molecule has 0 radical (unpaired) electrons. The first-order valence-electron chi connectivity index (χ1n) is 14.5. The summed E-state index contributed by atoms with van der Waals surface area (Å²) in [6, 6.07) is 22.1. The maximum absolute atomic E-state index is 13.1. The molecule has 0 fully saturated rings. The number of aromatic nitrogens is 3. The number of pyridine rings is 1. The molecule has 5 aromatic rings. The lowest BCUT2D eigenvalue weighted by molar-refractivity contribution is -0.121. The van der Waals surface area contributed by atoms with Gasteiger partial charge in [0.25, 0.3) is 5.91 Å². The summed E-state index contributed by atoms with van der Waals surface area (Å²) in [5, 5.41) is 3.80. The Morgan fingerprint density at radius 2 is 1.74 bits per heavy atom. The summed E-state index contributed by atoms with van der Waals surface area (Å²) in [6.07, 6.45) is 3.14. The second-order valence-electron chi connectivity index (χ2n) is 10.4. The van der Waals surface area contributed by atoms with Crippen molar-refractivity contribution >= 4 is 52.0 Å². The van der Waals surface area contributed by atoms with Gasteiger partial charge in [-0.15, -0.1) is 0 Å². The van der Waals surface area contributed by atoms with Crippen LogP contribution in [0.25, 0.3) is 22.4 Å². The van der Waals surface area contributed by atoms with Crippen LogP contribution in [0, 0.1) is 0 Å². The number of primary amides is 1. The summed E-state index contributed by atoms with van der Waals surface area (Å²) >= 11 is 12.3. The van der Waals surface area contributed by atoms with E-state index in [1.54, 1.807) is 65.4 Å². The highest BCUT2D eigenvalue weighted by molar-refractivity contribution is 6.34. The monoisotopic (exact) mass is 658 g/mol. The topological polar surface area (TPSA) is 177 Å². The first-order valence-corrected chi connectivity index (χ1v) is 15.2. The van der Waals surface area contributed by atoms with Gasteiger partial charge in [0.05, 0.1) is 11.0 Å². The fourth-order valence-electron chi connectivity index (χ4n) is 5.02. The molecule has 0 aliphatic rings. The van der Waals surface area contributed by atoms with Crippen molar-refractivity contribution in [2.24, 2.45) is 22.2 Å². The number of carbonyl (C=O) groups excluding carboxylic acids is 2. The number of amides is 2. The number of nitrogens with two attached hydrogens (primary N) is 3. The van der Waals surface area contributed by atoms with Crippen molar-refractivity contribution in [3.05, 3.63) is 106 Å². The van der Waals surface area contributed by atoms with E-state index in [9.17, 15) is 9.59 Å². The minimum Gasteiger partial charge on any atom is -0.457 e. The summed E-state index contributed by atoms with van der Waals surface area (Å²) < 4.78 is 7.84. The highest BCUT2D eigenvalue weighted by atomic mass is 35.5. The molecule has 2 aromatic heterocycles. The van der Waals surface area contributed by atoms with Gasteiger partial charge in [-0.2, -0.15) is 0 Å². The predicted molar refractivity (Wildman–Crippen MR) is 180 cm³/mol. The second kappa shape index (κ2) is 14.8. The lowest BCUT2D eigenvalue weighted by atomic mass is 10.1. The molecule has 0 bridgehead atoms. The van der Waals surface area contributed by atoms with Gasteiger partial charge in [-0.3, -0.25) is 19.6 Å². The number of ether oxygens (including phenoxy) is 1. The summed E-state index contributed by atoms with van der Waals surface area (Å²) in [5.41, 5.74) is 20.0. The van der Waals surface area contributed by atoms with Crippen LogP contribution in [0.5, 0.6) is 11.5 Å². The summed E-state index contributed by atoms with van der Waals surface area (Å²) in [5.74, 6) is 0.564. The molecule has 13 heteroatoms. The Morgan fingerprint density at radius 1 is 0.935 bits per heavy atom. The van der Waals surface area contributed by atoms with Gasteiger partial charge in [0.2, 0.25) is 5.91 Å². The van der Waals surface area contributed by atoms with Gasteiger partial charge in [-0.25, -0.2) is 4.98 Å². The Bertz CT molecular complexity index is 1870. The highest BCUT2D eigenvalue weighted by Gasteiger charge is 2.25. The molecule has 0 aliphatic heterocycles. The van der Waals surface area contributed by atoms with Crippen molar-refractivity contribution < 1.29 is 14.3 Å². The molecule has 3 aromatic carbocycles. The fourth-order valence-corrected chi connectivity index (χ4v) is 5.53. The maximum Gasteiger partial charge on any atom is 0.251 e. The standard InChI is InChI=1S/C33H32Cl2N8O3/c34-22-17-23(35)19-26(18-22)46-25-7-3-5-20(15-25)31-42-27-16-21(32(45)40-14-11-24-6-1-2-12-39-24)9-10-28(27)43(31)29(30(36)44)8-4-13-41-33(37)38/h1-3,5-7,9-10,12,15-19,29H,4,8,11,13-14H2,(H2,36,44)(H,40,45)(H4,37,38,41)/t29-/m1/s1. The average molecular weight is 660 g/mol. The Morgan fingerprint density at radius 3 is 2.46 bits per heavy atom. The zero-order valence-corrected chi connectivity index (χ0v) is 26.2. The maximum atomic E-state index is 13.1. The summed E-state index contributed by atoms with van der Waals surface area (Å²) in [6.45, 7) is 0.736. The smallest absolute Gasteiger partial charge is 0.251 e. The van der Waals surface area contributed by atoms with Crippen LogP contribution in [0.1, 0.15) is 34.9 Å². The van der Waals surface area contributed by atoms with Gasteiger partial charge in [-0.05, 0) is 73.5 Å². The van der Waals surface area contributed by atoms with Crippen LogP contribution in [0.4, 0.5) is 0 Å². The number of guanidine groups is 1. The fraction of sp³-hybridized carbons (Fsp3) is 0.182. The number of rotatable bonds is 13. The molecule has 7 N–H and O–H groups in total. The van der Waals surface area contributed by atoms with Crippen molar-refractivity contribution in [1.82, 2.24) is 19.9 Å². The van der Waals surface area contributed by atoms with Crippen molar-refractivity contribution in [2.75, 3.05) is 13.1 Å². The van der Waals surface area contributed by atoms with Crippen molar-refractivity contribution in [3.63, 3.8) is 0 Å². The van der Waals surface area contributed by atoms with E-state index in [0.29, 0.717) is 81.9 Å². The Hall–Kier alpha value is -5.13. The van der Waals surface area contributed by atoms with Crippen LogP contribution in [-0.2, 0) is 11.2 Å². The number of carbonyl (C=O) groups is 2. The van der Waals surface area contributed by atoms with E-state index in [4.69, 9.17) is 50.1 Å². The van der Waals surface area contributed by atoms with E-state index >= 15 is 0 Å². The summed E-state index contributed by atoms with van der Waals surface area (Å²) in [4.78, 5) is 39.2. The zero-order chi connectivity index (χ0) is 32.6. The van der Waals surface area contributed by atoms with Gasteiger partial charge in [0.15, 0.2) is 5.96 Å². The highest BCUT2D eigenvalue weighted by Crippen LogP contribution is 2.34. The van der Waals surface area contributed by atoms with E-state index in [1.807, 2.05) is 24.3 Å². The van der Waals surface area contributed by atoms with Crippen LogP contribution in [0.3, 0.4) is 0 Å². The lowest BCUT2D eigenvalue weighted by Crippen LogP contribution is -2.28. The minimum atomic E-state index is -0.788. The largest absolute Gasteiger partial charge is 0.457 e. The predicted octanol–water partition coefficient (Wildman–Crippen LogP) is 5.25. The summed E-state index contributed by atoms with van der Waals surface area (Å²) in [7, 11) is 0. The Balaban J connectivity index is 1.50. The van der Waals surface area contributed by atoms with Gasteiger partial charge in [-0.1, -0.05) is 41.4 Å². The molecule has 5 rings (SSSR count). The molecule has 0 unspecified atom stereocenters. The van der Waals surface area contributed by atoms with Gasteiger partial charge in [0.1, 0.15) is 23.4 Å². The van der Waals surface area contributed by atoms with E-state index < -0.39 is 11.9 Å². The lowest BCUT2D eigenvalue weighted by Gasteiger charge is -2.19. The van der Waals surface area contributed by atoms with Crippen LogP contribution < -0.4 is 27.3 Å². The van der Waals surface area contributed by atoms with E-state index in [0.717, 1.165) is 5.69 Å². The van der Waals surface area contributed by atoms with E-state index in [-0.39, 0.29) is 11.9 Å². The molecule has 0 saturated heterocycles. The molecule has 46 heavy (non-hydrogen) atoms. The molecular weight excluding hydrogens is 627 g/mol. The number of nitrogens with zero attached hydrogens (tertiary/aromatic N) is 4. The molecule has 0 spiro atoms. The van der Waals surface area contributed by atoms with Gasteiger partial charge >= 0.3 is 0 Å². The average Bonchev–Trinajstić information content (AvgIpc) is 3.39. The number of benzene rings is 3. The van der Waals surface area contributed by atoms with Crippen molar-refractivity contribution in [2.45, 2.75) is 25.3 Å². The number of fused-ring (bicyclic) bond motifs is 1. The number of hydrogen-bond donors (Lipinski definition) is 4. The normalized spacial score (nSPS) is 11.6. The minimum absolute atomic E-state index is 0.0342. The SMILES string of the molecule is NC(=O)[C@@H](CCCN=C(N)N)n1c(-c2cccc(Oc3cc(Cl)cc(Cl)c3)c2)nc2cc(C(=O)NCCc3ccccn3)ccc21. The quantitative estimate of drug-likeness (QED) is 0.0758. The molecule has 2 amide bonds. The van der Waals surface area contributed by atoms with Gasteiger partial charge in [0, 0.05) is 52.6 Å². The first kappa shape index (κ1) is 32.3. The van der Waals surface area contributed by atoms with Gasteiger partial charge < -0.3 is 31.8 Å². The van der Waals surface area contributed by atoms with Crippen LogP contribution in [-0.4, -0.2) is 45.4 Å². The second-order valence-corrected chi connectivity index (χ2v) is 11.3. The Kier molecular flexibility index (Phi) is 10.4. The number of hydrogen-bond acceptors (Lipinski definition) is 6. The molecule has 0 aliphatic carbocycles. The number of halogens is 2. The molecule has 0 saturated carbocycles. The first-order chi connectivity index (χ1) is 22.2. The number of nitrogens with one attached hydrogen (secondary N) is 1. The van der Waals surface area contributed by atoms with E-state index in [1.165, 1.54) is 0 Å². The third-order valence-electron chi connectivity index (χ3n) is 7.08. The molecule has 236 valence electrons. The third-order valence-corrected chi connectivity index (χ3v) is 7.52. The number of aliphatic imine (C=N–C) groups is 1. The van der Waals surface area contributed by atoms with Crippen LogP contribution in [0.2, 0.25) is 10.0 Å². The van der Waals surface area contributed by atoms with E-state index in [2.05, 4.69) is 15.3 Å².